The summed E-state index contributed by atoms with van der Waals surface area (Å²) in [6.45, 7) is 5.75. The monoisotopic (exact) mass is 294 g/mol. The SMILES string of the molecule is CC(C)Oc1cc(N)cc(N(C)CC2(O)CCOCC2)c1. The largest absolute Gasteiger partial charge is 0.491 e. The van der Waals surface area contributed by atoms with Crippen LogP contribution in [0.25, 0.3) is 0 Å². The third kappa shape index (κ3) is 4.51. The molecule has 3 N–H and O–H groups in total. The van der Waals surface area contributed by atoms with Crippen molar-refractivity contribution in [2.45, 2.75) is 38.4 Å². The Morgan fingerprint density at radius 2 is 2.00 bits per heavy atom. The second-order valence-electron chi connectivity index (χ2n) is 6.12. The number of hydrogen-bond acceptors (Lipinski definition) is 5. The molecule has 1 aromatic carbocycles. The first kappa shape index (κ1) is 15.9. The molecule has 21 heavy (non-hydrogen) atoms. The number of nitrogens with zero attached hydrogens (tertiary/aromatic N) is 1. The van der Waals surface area contributed by atoms with E-state index < -0.39 is 5.60 Å². The van der Waals surface area contributed by atoms with Crippen molar-refractivity contribution in [2.75, 3.05) is 37.4 Å². The van der Waals surface area contributed by atoms with Crippen molar-refractivity contribution in [2.24, 2.45) is 0 Å². The van der Waals surface area contributed by atoms with Crippen LogP contribution in [0.2, 0.25) is 0 Å². The van der Waals surface area contributed by atoms with Gasteiger partial charge in [0.25, 0.3) is 0 Å². The highest BCUT2D eigenvalue weighted by Crippen LogP contribution is 2.28. The number of benzene rings is 1. The van der Waals surface area contributed by atoms with Gasteiger partial charge in [-0.15, -0.1) is 0 Å². The molecule has 1 fully saturated rings. The summed E-state index contributed by atoms with van der Waals surface area (Å²) in [4.78, 5) is 2.02. The molecule has 0 aromatic heterocycles. The Kier molecular flexibility index (Phi) is 4.96. The average Bonchev–Trinajstić information content (AvgIpc) is 2.37. The van der Waals surface area contributed by atoms with Crippen molar-refractivity contribution >= 4 is 11.4 Å². The first-order valence-electron chi connectivity index (χ1n) is 7.46. The first-order valence-corrected chi connectivity index (χ1v) is 7.46. The van der Waals surface area contributed by atoms with Crippen LogP contribution in [0.15, 0.2) is 18.2 Å². The Morgan fingerprint density at radius 1 is 1.33 bits per heavy atom. The summed E-state index contributed by atoms with van der Waals surface area (Å²) < 4.78 is 11.0. The smallest absolute Gasteiger partial charge is 0.123 e. The fourth-order valence-corrected chi connectivity index (χ4v) is 2.61. The fraction of sp³-hybridized carbons (Fsp3) is 0.625. The van der Waals surface area contributed by atoms with Crippen molar-refractivity contribution in [3.63, 3.8) is 0 Å². The van der Waals surface area contributed by atoms with Gasteiger partial charge in [0.15, 0.2) is 0 Å². The van der Waals surface area contributed by atoms with Crippen LogP contribution < -0.4 is 15.4 Å². The van der Waals surface area contributed by atoms with E-state index in [-0.39, 0.29) is 6.10 Å². The Labute approximate surface area is 126 Å². The fourth-order valence-electron chi connectivity index (χ4n) is 2.61. The van der Waals surface area contributed by atoms with Gasteiger partial charge in [-0.05, 0) is 19.9 Å². The Bertz CT molecular complexity index is 471. The Balaban J connectivity index is 2.10. The maximum absolute atomic E-state index is 10.6. The lowest BCUT2D eigenvalue weighted by Crippen LogP contribution is -2.45. The quantitative estimate of drug-likeness (QED) is 0.813. The molecule has 0 unspecified atom stereocenters. The van der Waals surface area contributed by atoms with Crippen LogP contribution in [0.1, 0.15) is 26.7 Å². The highest BCUT2D eigenvalue weighted by Gasteiger charge is 2.31. The molecule has 1 heterocycles. The van der Waals surface area contributed by atoms with Crippen LogP contribution >= 0.6 is 0 Å². The van der Waals surface area contributed by atoms with Crippen molar-refractivity contribution < 1.29 is 14.6 Å². The van der Waals surface area contributed by atoms with Gasteiger partial charge in [-0.2, -0.15) is 0 Å². The van der Waals surface area contributed by atoms with Gasteiger partial charge in [0, 0.05) is 63.2 Å². The zero-order chi connectivity index (χ0) is 15.5. The van der Waals surface area contributed by atoms with E-state index in [4.69, 9.17) is 15.2 Å². The minimum Gasteiger partial charge on any atom is -0.491 e. The van der Waals surface area contributed by atoms with Crippen LogP contribution in [-0.2, 0) is 4.74 Å². The molecule has 2 rings (SSSR count). The standard InChI is InChI=1S/C16H26N2O3/c1-12(2)21-15-9-13(17)8-14(10-15)18(3)11-16(19)4-6-20-7-5-16/h8-10,12,19H,4-7,11,17H2,1-3H3. The number of nitrogens with two attached hydrogens (primary N) is 1. The van der Waals surface area contributed by atoms with Crippen LogP contribution in [0, 0.1) is 0 Å². The van der Waals surface area contributed by atoms with E-state index in [0.717, 1.165) is 11.4 Å². The highest BCUT2D eigenvalue weighted by molar-refractivity contribution is 5.60. The summed E-state index contributed by atoms with van der Waals surface area (Å²) in [5.41, 5.74) is 6.86. The van der Waals surface area contributed by atoms with E-state index in [0.29, 0.717) is 38.3 Å². The van der Waals surface area contributed by atoms with Crippen molar-refractivity contribution in [1.82, 2.24) is 0 Å². The van der Waals surface area contributed by atoms with Gasteiger partial charge in [0.05, 0.1) is 11.7 Å². The second-order valence-corrected chi connectivity index (χ2v) is 6.12. The van der Waals surface area contributed by atoms with E-state index >= 15 is 0 Å². The first-order chi connectivity index (χ1) is 9.88. The molecule has 1 aromatic rings. The summed E-state index contributed by atoms with van der Waals surface area (Å²) >= 11 is 0. The van der Waals surface area contributed by atoms with Gasteiger partial charge in [-0.25, -0.2) is 0 Å². The summed E-state index contributed by atoms with van der Waals surface area (Å²) in [5.74, 6) is 0.755. The number of hydrogen-bond donors (Lipinski definition) is 2. The normalized spacial score (nSPS) is 17.8. The molecule has 5 heteroatoms. The molecule has 0 bridgehead atoms. The van der Waals surface area contributed by atoms with Crippen LogP contribution in [0.3, 0.4) is 0 Å². The van der Waals surface area contributed by atoms with Gasteiger partial charge in [-0.1, -0.05) is 0 Å². The number of rotatable bonds is 5. The lowest BCUT2D eigenvalue weighted by atomic mass is 9.94. The zero-order valence-electron chi connectivity index (χ0n) is 13.1. The third-order valence-electron chi connectivity index (χ3n) is 3.68. The predicted molar refractivity (Wildman–Crippen MR) is 84.9 cm³/mol. The Hall–Kier alpha value is -1.46. The van der Waals surface area contributed by atoms with Gasteiger partial charge < -0.3 is 25.2 Å². The van der Waals surface area contributed by atoms with Crippen LogP contribution in [0.5, 0.6) is 5.75 Å². The Morgan fingerprint density at radius 3 is 2.62 bits per heavy atom. The minimum absolute atomic E-state index is 0.102. The molecular formula is C16H26N2O3. The molecule has 1 aliphatic heterocycles. The number of likely N-dealkylation sites (N-methyl/N-ethyl adjacent to an activating group) is 1. The van der Waals surface area contributed by atoms with Gasteiger partial charge in [0.2, 0.25) is 0 Å². The number of aliphatic hydroxyl groups is 1. The number of ether oxygens (including phenoxy) is 2. The molecule has 118 valence electrons. The topological polar surface area (TPSA) is 68.0 Å². The predicted octanol–water partition coefficient (Wildman–Crippen LogP) is 2.03. The van der Waals surface area contributed by atoms with E-state index in [1.807, 2.05) is 44.0 Å². The minimum atomic E-state index is -0.698. The van der Waals surface area contributed by atoms with Crippen molar-refractivity contribution in [1.29, 1.82) is 0 Å². The van der Waals surface area contributed by atoms with E-state index in [1.54, 1.807) is 0 Å². The lowest BCUT2D eigenvalue weighted by molar-refractivity contribution is -0.0572. The molecule has 0 radical (unpaired) electrons. The number of nitrogen functional groups attached to an aromatic ring is 1. The van der Waals surface area contributed by atoms with Gasteiger partial charge in [0.1, 0.15) is 5.75 Å². The molecule has 5 nitrogen and oxygen atoms in total. The second kappa shape index (κ2) is 6.54. The van der Waals surface area contributed by atoms with E-state index in [2.05, 4.69) is 0 Å². The van der Waals surface area contributed by atoms with Gasteiger partial charge >= 0.3 is 0 Å². The van der Waals surface area contributed by atoms with Crippen LogP contribution in [0.4, 0.5) is 11.4 Å². The molecule has 0 amide bonds. The summed E-state index contributed by atoms with van der Waals surface area (Å²) in [7, 11) is 1.96. The molecule has 1 aliphatic rings. The average molecular weight is 294 g/mol. The van der Waals surface area contributed by atoms with Crippen molar-refractivity contribution in [3.05, 3.63) is 18.2 Å². The highest BCUT2D eigenvalue weighted by atomic mass is 16.5. The third-order valence-corrected chi connectivity index (χ3v) is 3.68. The van der Waals surface area contributed by atoms with E-state index in [9.17, 15) is 5.11 Å². The maximum atomic E-state index is 10.6. The summed E-state index contributed by atoms with van der Waals surface area (Å²) in [6.07, 6.45) is 1.42. The maximum Gasteiger partial charge on any atom is 0.123 e. The summed E-state index contributed by atoms with van der Waals surface area (Å²) in [5, 5.41) is 10.6. The van der Waals surface area contributed by atoms with Crippen molar-refractivity contribution in [3.8, 4) is 5.75 Å². The lowest BCUT2D eigenvalue weighted by Gasteiger charge is -2.36. The van der Waals surface area contributed by atoms with Crippen LogP contribution in [-0.4, -0.2) is 43.6 Å². The van der Waals surface area contributed by atoms with E-state index in [1.165, 1.54) is 0 Å². The zero-order valence-corrected chi connectivity index (χ0v) is 13.1. The molecule has 1 saturated heterocycles. The number of anilines is 2. The molecule has 0 spiro atoms. The molecule has 0 saturated carbocycles. The molecular weight excluding hydrogens is 268 g/mol. The molecule has 0 aliphatic carbocycles. The molecule has 0 atom stereocenters. The summed E-state index contributed by atoms with van der Waals surface area (Å²) in [6, 6.07) is 5.68. The van der Waals surface area contributed by atoms with Gasteiger partial charge in [-0.3, -0.25) is 0 Å².